The van der Waals surface area contributed by atoms with E-state index in [9.17, 15) is 18.0 Å². The number of alkyl halides is 3. The van der Waals surface area contributed by atoms with Gasteiger partial charge in [0.1, 0.15) is 0 Å². The highest BCUT2D eigenvalue weighted by Gasteiger charge is 2.57. The average molecular weight is 240 g/mol. The van der Waals surface area contributed by atoms with Crippen LogP contribution in [0.5, 0.6) is 0 Å². The lowest BCUT2D eigenvalue weighted by Gasteiger charge is -2.40. The van der Waals surface area contributed by atoms with Crippen molar-refractivity contribution in [2.24, 2.45) is 5.92 Å². The van der Waals surface area contributed by atoms with Crippen molar-refractivity contribution in [2.75, 3.05) is 6.61 Å². The maximum atomic E-state index is 12.8. The minimum atomic E-state index is -4.42. The highest BCUT2D eigenvalue weighted by Crippen LogP contribution is 2.45. The van der Waals surface area contributed by atoms with Gasteiger partial charge in [-0.2, -0.15) is 13.2 Å². The summed E-state index contributed by atoms with van der Waals surface area (Å²) in [6.07, 6.45) is -4.90. The van der Waals surface area contributed by atoms with Gasteiger partial charge in [-0.15, -0.1) is 0 Å². The topological polar surface area (TPSA) is 46.5 Å². The van der Waals surface area contributed by atoms with E-state index in [0.29, 0.717) is 0 Å². The molecule has 0 amide bonds. The molecule has 1 aliphatic rings. The van der Waals surface area contributed by atoms with Gasteiger partial charge in [0.05, 0.1) is 5.92 Å². The Morgan fingerprint density at radius 1 is 1.44 bits per heavy atom. The van der Waals surface area contributed by atoms with E-state index in [2.05, 4.69) is 0 Å². The van der Waals surface area contributed by atoms with Crippen LogP contribution in [0.25, 0.3) is 0 Å². The maximum Gasteiger partial charge on any atom is 0.417 e. The fourth-order valence-electron chi connectivity index (χ4n) is 2.12. The summed E-state index contributed by atoms with van der Waals surface area (Å²) in [5.74, 6) is -1.69. The number of carbonyl (C=O) groups is 1. The number of ether oxygens (including phenoxy) is 1. The van der Waals surface area contributed by atoms with Gasteiger partial charge in [-0.3, -0.25) is 4.79 Å². The van der Waals surface area contributed by atoms with E-state index in [1.165, 1.54) is 6.92 Å². The van der Waals surface area contributed by atoms with Crippen LogP contribution >= 0.6 is 0 Å². The number of hydrogen-bond acceptors (Lipinski definition) is 2. The third-order valence-corrected chi connectivity index (χ3v) is 3.08. The quantitative estimate of drug-likeness (QED) is 0.824. The number of rotatable bonds is 3. The molecule has 0 aliphatic heterocycles. The zero-order valence-corrected chi connectivity index (χ0v) is 9.01. The Kier molecular flexibility index (Phi) is 3.83. The summed E-state index contributed by atoms with van der Waals surface area (Å²) in [7, 11) is 0. The molecule has 1 fully saturated rings. The van der Waals surface area contributed by atoms with Gasteiger partial charge in [-0.05, 0) is 32.6 Å². The smallest absolute Gasteiger partial charge is 0.417 e. The number of halogens is 3. The molecule has 3 nitrogen and oxygen atoms in total. The van der Waals surface area contributed by atoms with Crippen molar-refractivity contribution in [1.29, 1.82) is 0 Å². The standard InChI is InChI=1S/C10H15F3O3/c1-2-16-9(10(11,12)13)5-3-7(4-6-9)8(14)15/h7H,2-6H2,1H3,(H,14,15). The second-order valence-corrected chi connectivity index (χ2v) is 4.04. The molecular weight excluding hydrogens is 225 g/mol. The minimum absolute atomic E-state index is 0.0166. The minimum Gasteiger partial charge on any atom is -0.481 e. The van der Waals surface area contributed by atoms with Gasteiger partial charge in [-0.1, -0.05) is 0 Å². The van der Waals surface area contributed by atoms with Crippen molar-refractivity contribution in [2.45, 2.75) is 44.4 Å². The Labute approximate surface area is 91.6 Å². The molecular formula is C10H15F3O3. The van der Waals surface area contributed by atoms with Gasteiger partial charge in [-0.25, -0.2) is 0 Å². The SMILES string of the molecule is CCOC1(C(F)(F)F)CCC(C(=O)O)CC1. The van der Waals surface area contributed by atoms with Crippen LogP contribution in [-0.4, -0.2) is 29.5 Å². The highest BCUT2D eigenvalue weighted by atomic mass is 19.4. The molecule has 0 radical (unpaired) electrons. The Bertz CT molecular complexity index is 255. The molecule has 0 atom stereocenters. The molecule has 0 unspecified atom stereocenters. The normalized spacial score (nSPS) is 31.4. The molecule has 0 heterocycles. The predicted octanol–water partition coefficient (Wildman–Crippen LogP) is 2.60. The van der Waals surface area contributed by atoms with Crippen LogP contribution in [-0.2, 0) is 9.53 Å². The van der Waals surface area contributed by atoms with Crippen LogP contribution < -0.4 is 0 Å². The lowest BCUT2D eigenvalue weighted by Crippen LogP contribution is -2.50. The summed E-state index contributed by atoms with van der Waals surface area (Å²) in [6, 6.07) is 0. The van der Waals surface area contributed by atoms with Crippen molar-refractivity contribution in [1.82, 2.24) is 0 Å². The van der Waals surface area contributed by atoms with E-state index in [4.69, 9.17) is 9.84 Å². The first-order valence-corrected chi connectivity index (χ1v) is 5.26. The van der Waals surface area contributed by atoms with Crippen molar-refractivity contribution in [3.8, 4) is 0 Å². The first-order valence-electron chi connectivity index (χ1n) is 5.26. The molecule has 1 aliphatic carbocycles. The molecule has 0 bridgehead atoms. The molecule has 16 heavy (non-hydrogen) atoms. The molecule has 0 saturated heterocycles. The predicted molar refractivity (Wildman–Crippen MR) is 50.0 cm³/mol. The van der Waals surface area contributed by atoms with E-state index in [1.54, 1.807) is 0 Å². The van der Waals surface area contributed by atoms with E-state index in [1.807, 2.05) is 0 Å². The summed E-state index contributed by atoms with van der Waals surface area (Å²) in [5, 5.41) is 8.72. The molecule has 0 aromatic rings. The van der Waals surface area contributed by atoms with Gasteiger partial charge >= 0.3 is 12.1 Å². The first-order chi connectivity index (χ1) is 7.32. The molecule has 6 heteroatoms. The van der Waals surface area contributed by atoms with Crippen LogP contribution in [0.1, 0.15) is 32.6 Å². The Hall–Kier alpha value is -0.780. The van der Waals surface area contributed by atoms with Crippen LogP contribution in [0.3, 0.4) is 0 Å². The van der Waals surface area contributed by atoms with E-state index < -0.39 is 23.7 Å². The summed E-state index contributed by atoms with van der Waals surface area (Å²) in [5.41, 5.74) is -2.13. The fraction of sp³-hybridized carbons (Fsp3) is 0.900. The highest BCUT2D eigenvalue weighted by molar-refractivity contribution is 5.70. The summed E-state index contributed by atoms with van der Waals surface area (Å²) in [4.78, 5) is 10.7. The number of carboxylic acid groups (broad SMARTS) is 1. The van der Waals surface area contributed by atoms with Gasteiger partial charge < -0.3 is 9.84 Å². The van der Waals surface area contributed by atoms with Gasteiger partial charge in [0, 0.05) is 6.61 Å². The lowest BCUT2D eigenvalue weighted by atomic mass is 9.78. The van der Waals surface area contributed by atoms with Gasteiger partial charge in [0.15, 0.2) is 5.60 Å². The Balaban J connectivity index is 2.74. The molecule has 0 aromatic heterocycles. The molecule has 0 aromatic carbocycles. The summed E-state index contributed by atoms with van der Waals surface area (Å²) >= 11 is 0. The lowest BCUT2D eigenvalue weighted by molar-refractivity contribution is -0.288. The van der Waals surface area contributed by atoms with Crippen molar-refractivity contribution < 1.29 is 27.8 Å². The fourth-order valence-corrected chi connectivity index (χ4v) is 2.12. The van der Waals surface area contributed by atoms with Crippen molar-refractivity contribution in [3.63, 3.8) is 0 Å². The third-order valence-electron chi connectivity index (χ3n) is 3.08. The summed E-state index contributed by atoms with van der Waals surface area (Å²) in [6.45, 7) is 1.49. The van der Waals surface area contributed by atoms with Gasteiger partial charge in [0.25, 0.3) is 0 Å². The number of aliphatic carboxylic acids is 1. The number of hydrogen-bond donors (Lipinski definition) is 1. The van der Waals surface area contributed by atoms with Gasteiger partial charge in [0.2, 0.25) is 0 Å². The van der Waals surface area contributed by atoms with Crippen LogP contribution in [0.2, 0.25) is 0 Å². The zero-order valence-electron chi connectivity index (χ0n) is 9.01. The number of carboxylic acids is 1. The molecule has 94 valence electrons. The molecule has 1 rings (SSSR count). The molecule has 1 N–H and O–H groups in total. The zero-order chi connectivity index (χ0) is 12.4. The largest absolute Gasteiger partial charge is 0.481 e. The van der Waals surface area contributed by atoms with Crippen molar-refractivity contribution >= 4 is 5.97 Å². The Morgan fingerprint density at radius 2 is 1.94 bits per heavy atom. The van der Waals surface area contributed by atoms with Crippen molar-refractivity contribution in [3.05, 3.63) is 0 Å². The first kappa shape index (κ1) is 13.3. The third kappa shape index (κ3) is 2.48. The van der Waals surface area contributed by atoms with Crippen LogP contribution in [0.15, 0.2) is 0 Å². The maximum absolute atomic E-state index is 12.8. The second kappa shape index (κ2) is 4.61. The summed E-state index contributed by atoms with van der Waals surface area (Å²) < 4.78 is 43.4. The average Bonchev–Trinajstić information content (AvgIpc) is 2.17. The van der Waals surface area contributed by atoms with Crippen LogP contribution in [0.4, 0.5) is 13.2 Å². The van der Waals surface area contributed by atoms with E-state index >= 15 is 0 Å². The van der Waals surface area contributed by atoms with Crippen LogP contribution in [0, 0.1) is 5.92 Å². The molecule has 1 saturated carbocycles. The molecule has 0 spiro atoms. The Morgan fingerprint density at radius 3 is 2.25 bits per heavy atom. The van der Waals surface area contributed by atoms with E-state index in [-0.39, 0.29) is 32.3 Å². The second-order valence-electron chi connectivity index (χ2n) is 4.04. The van der Waals surface area contributed by atoms with E-state index in [0.717, 1.165) is 0 Å². The monoisotopic (exact) mass is 240 g/mol.